The maximum absolute atomic E-state index is 6.04. The number of hydrogen-bond acceptors (Lipinski definition) is 3. The first kappa shape index (κ1) is 14.1. The quantitative estimate of drug-likeness (QED) is 0.750. The Hall–Kier alpha value is -1.84. The fourth-order valence-electron chi connectivity index (χ4n) is 2.46. The van der Waals surface area contributed by atoms with E-state index in [-0.39, 0.29) is 6.04 Å². The molecule has 0 aliphatic carbocycles. The molecule has 2 N–H and O–H groups in total. The highest BCUT2D eigenvalue weighted by atomic mass is 32.1. The van der Waals surface area contributed by atoms with E-state index in [0.717, 1.165) is 11.3 Å². The fraction of sp³-hybridized carbons (Fsp3) is 0.222. The summed E-state index contributed by atoms with van der Waals surface area (Å²) in [7, 11) is 0. The smallest absolute Gasteiger partial charge is 0.124 e. The third-order valence-corrected chi connectivity index (χ3v) is 4.61. The summed E-state index contributed by atoms with van der Waals surface area (Å²) in [4.78, 5) is 0. The summed E-state index contributed by atoms with van der Waals surface area (Å²) in [6.45, 7) is 4.64. The third kappa shape index (κ3) is 2.94. The van der Waals surface area contributed by atoms with Crippen LogP contribution in [0.1, 0.15) is 29.7 Å². The molecule has 0 radical (unpaired) electrons. The molecular weight excluding hydrogens is 278 g/mol. The van der Waals surface area contributed by atoms with Gasteiger partial charge in [-0.25, -0.2) is 0 Å². The minimum atomic E-state index is -0.0286. The number of hydrogen-bond donors (Lipinski definition) is 1. The van der Waals surface area contributed by atoms with Gasteiger partial charge in [-0.3, -0.25) is 0 Å². The van der Waals surface area contributed by atoms with Gasteiger partial charge in [-0.1, -0.05) is 35.9 Å². The predicted octanol–water partition coefficient (Wildman–Crippen LogP) is 4.81. The minimum absolute atomic E-state index is 0.0286. The van der Waals surface area contributed by atoms with Crippen LogP contribution < -0.4 is 10.5 Å². The number of benzene rings is 2. The van der Waals surface area contributed by atoms with Gasteiger partial charge >= 0.3 is 0 Å². The first-order chi connectivity index (χ1) is 10.1. The average molecular weight is 297 g/mol. The molecule has 2 aromatic carbocycles. The molecule has 1 aromatic heterocycles. The van der Waals surface area contributed by atoms with Crippen molar-refractivity contribution in [1.29, 1.82) is 0 Å². The molecule has 0 aliphatic rings. The molecule has 108 valence electrons. The molecule has 0 saturated carbocycles. The second-order valence-corrected chi connectivity index (χ2v) is 6.29. The second-order valence-electron chi connectivity index (χ2n) is 5.38. The summed E-state index contributed by atoms with van der Waals surface area (Å²) < 4.78 is 7.33. The van der Waals surface area contributed by atoms with Gasteiger partial charge in [-0.05, 0) is 36.7 Å². The summed E-state index contributed by atoms with van der Waals surface area (Å²) in [6, 6.07) is 14.6. The van der Waals surface area contributed by atoms with E-state index in [9.17, 15) is 0 Å². The molecule has 0 amide bonds. The standard InChI is InChI=1S/C18H19NOS/c1-12-7-8-17(16(9-12)13(2)19)20-10-14-11-21-18-6-4-3-5-15(14)18/h3-9,11,13H,10,19H2,1-2H3/t13-/m0/s1. The highest BCUT2D eigenvalue weighted by molar-refractivity contribution is 7.17. The monoisotopic (exact) mass is 297 g/mol. The van der Waals surface area contributed by atoms with Crippen molar-refractivity contribution < 1.29 is 4.74 Å². The molecule has 2 nitrogen and oxygen atoms in total. The van der Waals surface area contributed by atoms with Gasteiger partial charge < -0.3 is 10.5 Å². The molecule has 0 bridgehead atoms. The molecule has 21 heavy (non-hydrogen) atoms. The molecule has 3 aromatic rings. The Morgan fingerprint density at radius 3 is 2.81 bits per heavy atom. The van der Waals surface area contributed by atoms with Crippen LogP contribution in [0.4, 0.5) is 0 Å². The SMILES string of the molecule is Cc1ccc(OCc2csc3ccccc23)c([C@H](C)N)c1. The van der Waals surface area contributed by atoms with Gasteiger partial charge in [0.15, 0.2) is 0 Å². The highest BCUT2D eigenvalue weighted by Gasteiger charge is 2.10. The first-order valence-corrected chi connectivity index (χ1v) is 7.97. The van der Waals surface area contributed by atoms with E-state index in [4.69, 9.17) is 10.5 Å². The van der Waals surface area contributed by atoms with Crippen LogP contribution in [0.5, 0.6) is 5.75 Å². The van der Waals surface area contributed by atoms with Crippen LogP contribution in [-0.2, 0) is 6.61 Å². The molecule has 3 heteroatoms. The lowest BCUT2D eigenvalue weighted by molar-refractivity contribution is 0.303. The van der Waals surface area contributed by atoms with Crippen molar-refractivity contribution in [3.63, 3.8) is 0 Å². The van der Waals surface area contributed by atoms with Gasteiger partial charge in [0.25, 0.3) is 0 Å². The van der Waals surface area contributed by atoms with Crippen LogP contribution in [0.3, 0.4) is 0 Å². The molecular formula is C18H19NOS. The fourth-order valence-corrected chi connectivity index (χ4v) is 3.40. The van der Waals surface area contributed by atoms with Gasteiger partial charge in [-0.2, -0.15) is 0 Å². The van der Waals surface area contributed by atoms with Crippen molar-refractivity contribution in [2.75, 3.05) is 0 Å². The van der Waals surface area contributed by atoms with Crippen molar-refractivity contribution in [2.24, 2.45) is 5.73 Å². The summed E-state index contributed by atoms with van der Waals surface area (Å²) in [5.74, 6) is 0.880. The highest BCUT2D eigenvalue weighted by Crippen LogP contribution is 2.29. The summed E-state index contributed by atoms with van der Waals surface area (Å²) in [5.41, 5.74) is 9.54. The van der Waals surface area contributed by atoms with Crippen LogP contribution in [0.2, 0.25) is 0 Å². The minimum Gasteiger partial charge on any atom is -0.489 e. The van der Waals surface area contributed by atoms with Gasteiger partial charge in [0, 0.05) is 21.9 Å². The van der Waals surface area contributed by atoms with Crippen molar-refractivity contribution in [3.05, 3.63) is 64.5 Å². The van der Waals surface area contributed by atoms with E-state index in [1.54, 1.807) is 11.3 Å². The van der Waals surface area contributed by atoms with Gasteiger partial charge in [-0.15, -0.1) is 11.3 Å². The van der Waals surface area contributed by atoms with Gasteiger partial charge in [0.2, 0.25) is 0 Å². The Bertz CT molecular complexity index is 761. The zero-order valence-corrected chi connectivity index (χ0v) is 13.1. The molecule has 1 heterocycles. The summed E-state index contributed by atoms with van der Waals surface area (Å²) >= 11 is 1.76. The van der Waals surface area contributed by atoms with Crippen LogP contribution in [0.25, 0.3) is 10.1 Å². The predicted molar refractivity (Wildman–Crippen MR) is 89.9 cm³/mol. The summed E-state index contributed by atoms with van der Waals surface area (Å²) in [6.07, 6.45) is 0. The molecule has 0 spiro atoms. The second kappa shape index (κ2) is 5.88. The Balaban J connectivity index is 1.85. The molecule has 0 saturated heterocycles. The maximum atomic E-state index is 6.04. The largest absolute Gasteiger partial charge is 0.489 e. The zero-order chi connectivity index (χ0) is 14.8. The Morgan fingerprint density at radius 2 is 2.00 bits per heavy atom. The van der Waals surface area contributed by atoms with E-state index in [1.807, 2.05) is 13.0 Å². The zero-order valence-electron chi connectivity index (χ0n) is 12.3. The van der Waals surface area contributed by atoms with Crippen LogP contribution in [0.15, 0.2) is 47.8 Å². The Kier molecular flexibility index (Phi) is 3.95. The normalized spacial score (nSPS) is 12.5. The van der Waals surface area contributed by atoms with Crippen molar-refractivity contribution in [1.82, 2.24) is 0 Å². The van der Waals surface area contributed by atoms with E-state index >= 15 is 0 Å². The van der Waals surface area contributed by atoms with E-state index in [1.165, 1.54) is 21.2 Å². The van der Waals surface area contributed by atoms with Crippen molar-refractivity contribution in [3.8, 4) is 5.75 Å². The molecule has 1 atom stereocenters. The number of ether oxygens (including phenoxy) is 1. The lowest BCUT2D eigenvalue weighted by Crippen LogP contribution is -2.08. The summed E-state index contributed by atoms with van der Waals surface area (Å²) in [5, 5.41) is 3.45. The lowest BCUT2D eigenvalue weighted by atomic mass is 10.1. The topological polar surface area (TPSA) is 35.2 Å². The van der Waals surface area contributed by atoms with Crippen molar-refractivity contribution in [2.45, 2.75) is 26.5 Å². The Morgan fingerprint density at radius 1 is 1.19 bits per heavy atom. The number of rotatable bonds is 4. The van der Waals surface area contributed by atoms with Crippen molar-refractivity contribution >= 4 is 21.4 Å². The van der Waals surface area contributed by atoms with Gasteiger partial charge in [0.05, 0.1) is 0 Å². The number of nitrogens with two attached hydrogens (primary N) is 1. The maximum Gasteiger partial charge on any atom is 0.124 e. The molecule has 3 rings (SSSR count). The van der Waals surface area contributed by atoms with Crippen LogP contribution in [-0.4, -0.2) is 0 Å². The van der Waals surface area contributed by atoms with Crippen LogP contribution >= 0.6 is 11.3 Å². The third-order valence-electron chi connectivity index (χ3n) is 3.60. The van der Waals surface area contributed by atoms with Gasteiger partial charge in [0.1, 0.15) is 12.4 Å². The van der Waals surface area contributed by atoms with E-state index in [2.05, 4.69) is 48.7 Å². The average Bonchev–Trinajstić information content (AvgIpc) is 2.89. The first-order valence-electron chi connectivity index (χ1n) is 7.09. The van der Waals surface area contributed by atoms with Crippen LogP contribution in [0, 0.1) is 6.92 Å². The van der Waals surface area contributed by atoms with E-state index < -0.39 is 0 Å². The molecule has 0 fully saturated rings. The number of fused-ring (bicyclic) bond motifs is 1. The number of aryl methyl sites for hydroxylation is 1. The number of thiophene rings is 1. The lowest BCUT2D eigenvalue weighted by Gasteiger charge is -2.14. The Labute approximate surface area is 129 Å². The molecule has 0 aliphatic heterocycles. The molecule has 0 unspecified atom stereocenters. The van der Waals surface area contributed by atoms with E-state index in [0.29, 0.717) is 6.61 Å².